The van der Waals surface area contributed by atoms with Crippen LogP contribution in [0.15, 0.2) is 47.6 Å². The van der Waals surface area contributed by atoms with Crippen LogP contribution in [0, 0.1) is 0 Å². The molecule has 4 nitrogen and oxygen atoms in total. The van der Waals surface area contributed by atoms with Crippen molar-refractivity contribution >= 4 is 28.3 Å². The van der Waals surface area contributed by atoms with Crippen molar-refractivity contribution in [2.24, 2.45) is 5.10 Å². The monoisotopic (exact) mass is 333 g/mol. The van der Waals surface area contributed by atoms with E-state index in [4.69, 9.17) is 0 Å². The van der Waals surface area contributed by atoms with Crippen LogP contribution in [0.1, 0.15) is 38.8 Å². The zero-order valence-corrected chi connectivity index (χ0v) is 15.2. The highest BCUT2D eigenvalue weighted by atomic mass is 16.2. The van der Waals surface area contributed by atoms with Gasteiger partial charge in [-0.05, 0) is 62.1 Å². The molecule has 4 heteroatoms. The molecule has 2 bridgehead atoms. The zero-order valence-electron chi connectivity index (χ0n) is 15.2. The number of carbonyl (C=O) groups is 1. The van der Waals surface area contributed by atoms with Crippen molar-refractivity contribution in [3.8, 4) is 0 Å². The molecule has 0 saturated heterocycles. The molecule has 1 aliphatic rings. The van der Waals surface area contributed by atoms with E-state index in [1.807, 2.05) is 44.2 Å². The Hall–Kier alpha value is -2.62. The molecule has 3 heterocycles. The number of fused-ring (bicyclic) bond motifs is 2. The molecule has 1 aromatic carbocycles. The van der Waals surface area contributed by atoms with Gasteiger partial charge in [-0.1, -0.05) is 32.0 Å². The Morgan fingerprint density at radius 3 is 2.04 bits per heavy atom. The Morgan fingerprint density at radius 1 is 0.960 bits per heavy atom. The van der Waals surface area contributed by atoms with E-state index in [-0.39, 0.29) is 5.91 Å². The zero-order chi connectivity index (χ0) is 17.8. The van der Waals surface area contributed by atoms with Crippen LogP contribution in [0.5, 0.6) is 0 Å². The van der Waals surface area contributed by atoms with Gasteiger partial charge in [0.15, 0.2) is 5.54 Å². The first kappa shape index (κ1) is 15.9. The molecular weight excluding hydrogens is 310 g/mol. The molecular formula is C21H23N3O. The highest BCUT2D eigenvalue weighted by Crippen LogP contribution is 2.40. The molecule has 1 amide bonds. The topological polar surface area (TPSA) is 37.6 Å². The number of rotatable bonds is 4. The Labute approximate surface area is 148 Å². The highest BCUT2D eigenvalue weighted by molar-refractivity contribution is 6.21. The number of aromatic nitrogens is 1. The lowest BCUT2D eigenvalue weighted by atomic mass is 9.95. The number of nitrogens with zero attached hydrogens (tertiary/aromatic N) is 3. The lowest BCUT2D eigenvalue weighted by molar-refractivity contribution is -0.122. The van der Waals surface area contributed by atoms with Crippen molar-refractivity contribution in [3.63, 3.8) is 0 Å². The van der Waals surface area contributed by atoms with Crippen LogP contribution in [0.3, 0.4) is 0 Å². The summed E-state index contributed by atoms with van der Waals surface area (Å²) in [5.41, 5.74) is 5.91. The standard InChI is InChI=1S/C21H23N3O/c1-5-16-17(6-2)19-13-12-18(16)23(19)21(4)14(3)22-24(20(21)25)15-10-8-7-9-11-15/h7-13H,5-6H2,1-4H3. The number of hydrazone groups is 1. The molecule has 0 aliphatic carbocycles. The Morgan fingerprint density at radius 2 is 1.52 bits per heavy atom. The predicted octanol–water partition coefficient (Wildman–Crippen LogP) is 4.34. The van der Waals surface area contributed by atoms with Crippen LogP contribution in [-0.2, 0) is 23.2 Å². The lowest BCUT2D eigenvalue weighted by Crippen LogP contribution is -2.45. The van der Waals surface area contributed by atoms with E-state index in [2.05, 4.69) is 35.6 Å². The van der Waals surface area contributed by atoms with Crippen LogP contribution < -0.4 is 5.01 Å². The fourth-order valence-corrected chi connectivity index (χ4v) is 4.14. The number of anilines is 1. The predicted molar refractivity (Wildman–Crippen MR) is 103 cm³/mol. The SMILES string of the molecule is CCc1c(CC)c2ccc1n2C1(C)C(=O)N(c2ccccc2)N=C1C. The lowest BCUT2D eigenvalue weighted by Gasteiger charge is -2.26. The number of benzene rings is 2. The highest BCUT2D eigenvalue weighted by Gasteiger charge is 2.49. The fourth-order valence-electron chi connectivity index (χ4n) is 4.14. The third-order valence-electron chi connectivity index (χ3n) is 5.58. The smallest absolute Gasteiger partial charge is 0.279 e. The molecule has 0 spiro atoms. The molecule has 0 saturated carbocycles. The molecule has 0 N–H and O–H groups in total. The van der Waals surface area contributed by atoms with E-state index in [0.29, 0.717) is 0 Å². The van der Waals surface area contributed by atoms with Crippen molar-refractivity contribution in [3.05, 3.63) is 53.6 Å². The molecule has 1 unspecified atom stereocenters. The average Bonchev–Trinajstić information content (AvgIpc) is 3.27. The molecule has 1 aliphatic heterocycles. The van der Waals surface area contributed by atoms with Gasteiger partial charge < -0.3 is 4.57 Å². The summed E-state index contributed by atoms with van der Waals surface area (Å²) in [4.78, 5) is 13.4. The van der Waals surface area contributed by atoms with Crippen molar-refractivity contribution < 1.29 is 4.79 Å². The minimum atomic E-state index is -0.776. The van der Waals surface area contributed by atoms with Gasteiger partial charge in [0, 0.05) is 11.0 Å². The van der Waals surface area contributed by atoms with Gasteiger partial charge in [0.2, 0.25) is 0 Å². The third-order valence-corrected chi connectivity index (χ3v) is 5.58. The fraction of sp³-hybridized carbons (Fsp3) is 0.333. The second-order valence-electron chi connectivity index (χ2n) is 6.81. The van der Waals surface area contributed by atoms with Crippen LogP contribution >= 0.6 is 0 Å². The van der Waals surface area contributed by atoms with Crippen LogP contribution in [0.2, 0.25) is 0 Å². The summed E-state index contributed by atoms with van der Waals surface area (Å²) < 4.78 is 2.20. The Bertz CT molecular complexity index is 934. The summed E-state index contributed by atoms with van der Waals surface area (Å²) in [6, 6.07) is 13.9. The van der Waals surface area contributed by atoms with Gasteiger partial charge in [-0.25, -0.2) is 0 Å². The van der Waals surface area contributed by atoms with Crippen LogP contribution in [0.25, 0.3) is 11.0 Å². The van der Waals surface area contributed by atoms with E-state index < -0.39 is 5.54 Å². The summed E-state index contributed by atoms with van der Waals surface area (Å²) in [5.74, 6) is 0.00251. The largest absolute Gasteiger partial charge is 0.321 e. The molecule has 3 aromatic rings. The van der Waals surface area contributed by atoms with Crippen molar-refractivity contribution in [1.82, 2.24) is 4.57 Å². The summed E-state index contributed by atoms with van der Waals surface area (Å²) in [7, 11) is 0. The summed E-state index contributed by atoms with van der Waals surface area (Å²) in [5, 5.41) is 6.17. The number of aryl methyl sites for hydroxylation is 2. The van der Waals surface area contributed by atoms with Gasteiger partial charge in [0.25, 0.3) is 5.91 Å². The van der Waals surface area contributed by atoms with Crippen molar-refractivity contribution in [1.29, 1.82) is 0 Å². The maximum atomic E-state index is 13.4. The van der Waals surface area contributed by atoms with Crippen molar-refractivity contribution in [2.75, 3.05) is 5.01 Å². The first-order chi connectivity index (χ1) is 12.0. The van der Waals surface area contributed by atoms with Crippen molar-refractivity contribution in [2.45, 2.75) is 46.1 Å². The number of carbonyl (C=O) groups excluding carboxylic acids is 1. The molecule has 128 valence electrons. The van der Waals surface area contributed by atoms with E-state index in [1.165, 1.54) is 11.1 Å². The molecule has 4 rings (SSSR count). The number of hydrogen-bond donors (Lipinski definition) is 0. The molecule has 0 fully saturated rings. The van der Waals surface area contributed by atoms with E-state index in [9.17, 15) is 4.79 Å². The van der Waals surface area contributed by atoms with Gasteiger partial charge in [-0.3, -0.25) is 4.79 Å². The quantitative estimate of drug-likeness (QED) is 0.700. The molecule has 2 aromatic heterocycles. The molecule has 1 atom stereocenters. The number of amides is 1. The maximum Gasteiger partial charge on any atom is 0.279 e. The second-order valence-corrected chi connectivity index (χ2v) is 6.81. The van der Waals surface area contributed by atoms with E-state index in [0.717, 1.165) is 35.3 Å². The number of para-hydroxylation sites is 1. The summed E-state index contributed by atoms with van der Waals surface area (Å²) in [6.07, 6.45) is 1.96. The van der Waals surface area contributed by atoms with Gasteiger partial charge >= 0.3 is 0 Å². The molecule has 25 heavy (non-hydrogen) atoms. The average molecular weight is 333 g/mol. The van der Waals surface area contributed by atoms with Gasteiger partial charge in [0.1, 0.15) is 0 Å². The van der Waals surface area contributed by atoms with Gasteiger partial charge in [-0.15, -0.1) is 0 Å². The molecule has 0 radical (unpaired) electrons. The van der Waals surface area contributed by atoms with E-state index in [1.54, 1.807) is 5.01 Å². The second kappa shape index (κ2) is 5.45. The summed E-state index contributed by atoms with van der Waals surface area (Å²) in [6.45, 7) is 8.32. The van der Waals surface area contributed by atoms with Crippen LogP contribution in [0.4, 0.5) is 5.69 Å². The minimum absolute atomic E-state index is 0.00251. The first-order valence-corrected chi connectivity index (χ1v) is 8.94. The Balaban J connectivity index is 1.89. The van der Waals surface area contributed by atoms with E-state index >= 15 is 0 Å². The maximum absolute atomic E-state index is 13.4. The van der Waals surface area contributed by atoms with Gasteiger partial charge in [0.05, 0.1) is 11.4 Å². The Kier molecular flexibility index (Phi) is 3.46. The summed E-state index contributed by atoms with van der Waals surface area (Å²) >= 11 is 0. The number of hydrogen-bond acceptors (Lipinski definition) is 2. The van der Waals surface area contributed by atoms with Gasteiger partial charge in [-0.2, -0.15) is 10.1 Å². The van der Waals surface area contributed by atoms with Crippen LogP contribution in [-0.4, -0.2) is 16.2 Å². The minimum Gasteiger partial charge on any atom is -0.321 e. The third kappa shape index (κ3) is 1.94. The first-order valence-electron chi connectivity index (χ1n) is 8.94. The normalized spacial score (nSPS) is 20.7.